The maximum absolute atomic E-state index is 12.3. The van der Waals surface area contributed by atoms with Crippen LogP contribution in [0.1, 0.15) is 35.4 Å². The predicted octanol–water partition coefficient (Wildman–Crippen LogP) is 4.92. The molecule has 1 amide bonds. The van der Waals surface area contributed by atoms with Crippen LogP contribution in [0.5, 0.6) is 0 Å². The minimum atomic E-state index is 0.126. The lowest BCUT2D eigenvalue weighted by molar-refractivity contribution is -0.117. The van der Waals surface area contributed by atoms with E-state index in [9.17, 15) is 4.79 Å². The number of para-hydroxylation sites is 1. The summed E-state index contributed by atoms with van der Waals surface area (Å²) < 4.78 is 0. The Morgan fingerprint density at radius 2 is 1.92 bits per heavy atom. The number of rotatable bonds is 3. The standard InChI is InChI=1S/C20H20Cl2N2O/c1-24-10-16(15-8-13(21)9-18(22)17(15)11-24)14-4-2-3-5-19(14)23-20(25)12-6-7-12/h2-5,8-9,12,16H,6-7,10-11H2,1H3,(H,23,25). The summed E-state index contributed by atoms with van der Waals surface area (Å²) in [5, 5.41) is 4.48. The molecule has 1 aliphatic heterocycles. The van der Waals surface area contributed by atoms with E-state index in [2.05, 4.69) is 23.3 Å². The Labute approximate surface area is 157 Å². The molecule has 1 aliphatic carbocycles. The van der Waals surface area contributed by atoms with Crippen LogP contribution in [0.15, 0.2) is 36.4 Å². The zero-order valence-corrected chi connectivity index (χ0v) is 15.6. The van der Waals surface area contributed by atoms with E-state index in [-0.39, 0.29) is 17.7 Å². The number of anilines is 1. The van der Waals surface area contributed by atoms with Crippen LogP contribution < -0.4 is 5.32 Å². The Morgan fingerprint density at radius 1 is 1.16 bits per heavy atom. The van der Waals surface area contributed by atoms with Gasteiger partial charge in [-0.15, -0.1) is 0 Å². The minimum absolute atomic E-state index is 0.126. The van der Waals surface area contributed by atoms with Gasteiger partial charge in [-0.2, -0.15) is 0 Å². The zero-order chi connectivity index (χ0) is 17.6. The number of hydrogen-bond donors (Lipinski definition) is 1. The summed E-state index contributed by atoms with van der Waals surface area (Å²) in [6.45, 7) is 1.67. The van der Waals surface area contributed by atoms with Crippen LogP contribution in [0.2, 0.25) is 10.0 Å². The maximum atomic E-state index is 12.3. The fourth-order valence-electron chi connectivity index (χ4n) is 3.61. The summed E-state index contributed by atoms with van der Waals surface area (Å²) in [5.74, 6) is 0.430. The van der Waals surface area contributed by atoms with Gasteiger partial charge in [0.15, 0.2) is 0 Å². The van der Waals surface area contributed by atoms with E-state index in [1.165, 1.54) is 0 Å². The van der Waals surface area contributed by atoms with Gasteiger partial charge in [-0.1, -0.05) is 41.4 Å². The van der Waals surface area contributed by atoms with Gasteiger partial charge in [0.1, 0.15) is 0 Å². The Balaban J connectivity index is 1.76. The zero-order valence-electron chi connectivity index (χ0n) is 14.1. The van der Waals surface area contributed by atoms with Crippen molar-refractivity contribution in [3.05, 3.63) is 63.1 Å². The first kappa shape index (κ1) is 16.9. The van der Waals surface area contributed by atoms with E-state index in [0.29, 0.717) is 10.0 Å². The highest BCUT2D eigenvalue weighted by molar-refractivity contribution is 6.35. The van der Waals surface area contributed by atoms with Crippen molar-refractivity contribution in [2.24, 2.45) is 5.92 Å². The third-order valence-corrected chi connectivity index (χ3v) is 5.59. The van der Waals surface area contributed by atoms with Gasteiger partial charge in [-0.05, 0) is 54.8 Å². The van der Waals surface area contributed by atoms with Gasteiger partial charge in [-0.25, -0.2) is 0 Å². The monoisotopic (exact) mass is 374 g/mol. The molecule has 1 N–H and O–H groups in total. The molecular formula is C20H20Cl2N2O. The summed E-state index contributed by atoms with van der Waals surface area (Å²) in [6.07, 6.45) is 1.99. The lowest BCUT2D eigenvalue weighted by atomic mass is 9.84. The summed E-state index contributed by atoms with van der Waals surface area (Å²) >= 11 is 12.7. The number of fused-ring (bicyclic) bond motifs is 1. The Bertz CT molecular complexity index is 832. The molecule has 1 fully saturated rings. The molecule has 2 aromatic carbocycles. The van der Waals surface area contributed by atoms with Crippen molar-refractivity contribution in [1.29, 1.82) is 0 Å². The van der Waals surface area contributed by atoms with Crippen LogP contribution in [-0.2, 0) is 11.3 Å². The number of halogens is 2. The van der Waals surface area contributed by atoms with Crippen molar-refractivity contribution in [1.82, 2.24) is 4.90 Å². The Hall–Kier alpha value is -1.55. The number of carbonyl (C=O) groups excluding carboxylic acids is 1. The van der Waals surface area contributed by atoms with Crippen molar-refractivity contribution < 1.29 is 4.79 Å². The normalized spacial score (nSPS) is 20.2. The molecule has 4 rings (SSSR count). The van der Waals surface area contributed by atoms with Gasteiger partial charge in [-0.3, -0.25) is 4.79 Å². The summed E-state index contributed by atoms with van der Waals surface area (Å²) in [7, 11) is 2.09. The lowest BCUT2D eigenvalue weighted by Gasteiger charge is -2.34. The van der Waals surface area contributed by atoms with Crippen molar-refractivity contribution in [2.75, 3.05) is 18.9 Å². The number of amides is 1. The molecule has 3 nitrogen and oxygen atoms in total. The summed E-state index contributed by atoms with van der Waals surface area (Å²) in [4.78, 5) is 14.5. The van der Waals surface area contributed by atoms with Crippen molar-refractivity contribution >= 4 is 34.8 Å². The lowest BCUT2D eigenvalue weighted by Crippen LogP contribution is -2.31. The van der Waals surface area contributed by atoms with Gasteiger partial charge < -0.3 is 10.2 Å². The molecule has 1 unspecified atom stereocenters. The van der Waals surface area contributed by atoms with Crippen LogP contribution in [0, 0.1) is 5.92 Å². The Morgan fingerprint density at radius 3 is 2.68 bits per heavy atom. The molecular weight excluding hydrogens is 355 g/mol. The molecule has 130 valence electrons. The van der Waals surface area contributed by atoms with Gasteiger partial charge >= 0.3 is 0 Å². The predicted molar refractivity (Wildman–Crippen MR) is 102 cm³/mol. The average molecular weight is 375 g/mol. The molecule has 2 aliphatic rings. The van der Waals surface area contributed by atoms with E-state index in [0.717, 1.165) is 48.3 Å². The van der Waals surface area contributed by atoms with Crippen LogP contribution in [-0.4, -0.2) is 24.4 Å². The first-order valence-electron chi connectivity index (χ1n) is 8.59. The second-order valence-electron chi connectivity index (χ2n) is 7.06. The quantitative estimate of drug-likeness (QED) is 0.826. The highest BCUT2D eigenvalue weighted by Crippen LogP contribution is 2.41. The molecule has 1 atom stereocenters. The SMILES string of the molecule is CN1Cc2c(Cl)cc(Cl)cc2C(c2ccccc2NC(=O)C2CC2)C1. The van der Waals surface area contributed by atoms with E-state index in [4.69, 9.17) is 23.2 Å². The van der Waals surface area contributed by atoms with E-state index < -0.39 is 0 Å². The van der Waals surface area contributed by atoms with Crippen LogP contribution in [0.25, 0.3) is 0 Å². The van der Waals surface area contributed by atoms with E-state index in [1.54, 1.807) is 6.07 Å². The number of hydrogen-bond acceptors (Lipinski definition) is 2. The molecule has 0 saturated heterocycles. The number of benzene rings is 2. The Kier molecular flexibility index (Phi) is 4.48. The smallest absolute Gasteiger partial charge is 0.227 e. The average Bonchev–Trinajstić information content (AvgIpc) is 3.41. The van der Waals surface area contributed by atoms with E-state index in [1.807, 2.05) is 24.3 Å². The third-order valence-electron chi connectivity index (χ3n) is 5.03. The molecule has 1 saturated carbocycles. The summed E-state index contributed by atoms with van der Waals surface area (Å²) in [5.41, 5.74) is 4.28. The van der Waals surface area contributed by atoms with Gasteiger partial charge in [0, 0.05) is 40.7 Å². The molecule has 25 heavy (non-hydrogen) atoms. The highest BCUT2D eigenvalue weighted by atomic mass is 35.5. The second kappa shape index (κ2) is 6.64. The number of nitrogens with zero attached hydrogens (tertiary/aromatic N) is 1. The van der Waals surface area contributed by atoms with Crippen LogP contribution in [0.4, 0.5) is 5.69 Å². The fourth-order valence-corrected chi connectivity index (χ4v) is 4.18. The molecule has 1 heterocycles. The third kappa shape index (κ3) is 3.41. The maximum Gasteiger partial charge on any atom is 0.227 e. The number of nitrogens with one attached hydrogen (secondary N) is 1. The minimum Gasteiger partial charge on any atom is -0.326 e. The van der Waals surface area contributed by atoms with Crippen molar-refractivity contribution in [3.8, 4) is 0 Å². The van der Waals surface area contributed by atoms with Gasteiger partial charge in [0.25, 0.3) is 0 Å². The molecule has 2 aromatic rings. The molecule has 0 aromatic heterocycles. The van der Waals surface area contributed by atoms with Crippen molar-refractivity contribution in [2.45, 2.75) is 25.3 Å². The number of carbonyl (C=O) groups is 1. The summed E-state index contributed by atoms with van der Waals surface area (Å²) in [6, 6.07) is 11.9. The molecule has 0 radical (unpaired) electrons. The van der Waals surface area contributed by atoms with Crippen molar-refractivity contribution in [3.63, 3.8) is 0 Å². The molecule has 0 spiro atoms. The van der Waals surface area contributed by atoms with Gasteiger partial charge in [0.2, 0.25) is 5.91 Å². The topological polar surface area (TPSA) is 32.3 Å². The second-order valence-corrected chi connectivity index (χ2v) is 7.90. The van der Waals surface area contributed by atoms with E-state index >= 15 is 0 Å². The van der Waals surface area contributed by atoms with Gasteiger partial charge in [0.05, 0.1) is 0 Å². The van der Waals surface area contributed by atoms with Crippen LogP contribution >= 0.6 is 23.2 Å². The fraction of sp³-hybridized carbons (Fsp3) is 0.350. The largest absolute Gasteiger partial charge is 0.326 e. The highest BCUT2D eigenvalue weighted by Gasteiger charge is 2.32. The first-order valence-corrected chi connectivity index (χ1v) is 9.34. The molecule has 5 heteroatoms. The number of likely N-dealkylation sites (N-methyl/N-ethyl adjacent to an activating group) is 1. The van der Waals surface area contributed by atoms with Crippen LogP contribution in [0.3, 0.4) is 0 Å². The molecule has 0 bridgehead atoms. The first-order chi connectivity index (χ1) is 12.0.